The maximum atomic E-state index is 13.1. The van der Waals surface area contributed by atoms with Crippen molar-refractivity contribution in [2.24, 2.45) is 11.8 Å². The number of phosphoric acid groups is 2. The van der Waals surface area contributed by atoms with Crippen molar-refractivity contribution in [2.45, 2.75) is 439 Å². The number of ether oxygens (including phenoxy) is 4. The van der Waals surface area contributed by atoms with Gasteiger partial charge >= 0.3 is 39.5 Å². The van der Waals surface area contributed by atoms with E-state index in [4.69, 9.17) is 37.0 Å². The molecule has 0 aliphatic heterocycles. The maximum absolute atomic E-state index is 13.1. The highest BCUT2D eigenvalue weighted by atomic mass is 31.2. The van der Waals surface area contributed by atoms with E-state index in [1.165, 1.54) is 225 Å². The van der Waals surface area contributed by atoms with Gasteiger partial charge in [-0.05, 0) is 63.2 Å². The number of unbranched alkanes of at least 4 members (excludes halogenated alkanes) is 47. The Balaban J connectivity index is 5.29. The number of phosphoric ester groups is 2. The van der Waals surface area contributed by atoms with Crippen molar-refractivity contribution in [1.82, 2.24) is 0 Å². The third-order valence-electron chi connectivity index (χ3n) is 19.4. The molecule has 0 spiro atoms. The highest BCUT2D eigenvalue weighted by molar-refractivity contribution is 7.47. The van der Waals surface area contributed by atoms with Crippen LogP contribution in [0.1, 0.15) is 420 Å². The molecule has 3 N–H and O–H groups in total. The zero-order valence-electron chi connectivity index (χ0n) is 67.1. The van der Waals surface area contributed by atoms with Gasteiger partial charge in [0.1, 0.15) is 19.3 Å². The average Bonchev–Trinajstić information content (AvgIpc) is 0.911. The van der Waals surface area contributed by atoms with Crippen LogP contribution in [0.4, 0.5) is 0 Å². The quantitative estimate of drug-likeness (QED) is 0.0169. The standard InChI is InChI=1S/C84H160O17P2/c1-7-10-12-14-16-18-20-22-24-25-26-27-28-30-34-39-43-51-57-63-69-83(88)100-79(72-94-81(86)66-60-54-48-41-37-35-31-32-36-40-46-52-58-64-76(4)5)74-98-102(90,91)96-70-78(85)71-97-103(92,93)99-75-80(73-95-82(87)67-61-55-49-45-44-47-53-59-65-77(6)9-3)101-84(89)68-62-56-50-42-38-33-29-23-21-19-17-15-13-11-8-2/h19,21,23,29,76-80,85H,7-18,20,22,24-28,30-75H2,1-6H3,(H,90,91)(H,92,93)/b21-19-,29-23-/t77?,78-,79-,80-/m1/s1. The summed E-state index contributed by atoms with van der Waals surface area (Å²) in [6.07, 6.45) is 68.8. The summed E-state index contributed by atoms with van der Waals surface area (Å²) in [5.74, 6) is -0.571. The van der Waals surface area contributed by atoms with Crippen molar-refractivity contribution >= 4 is 39.5 Å². The molecule has 0 saturated heterocycles. The first-order valence-electron chi connectivity index (χ1n) is 42.8. The van der Waals surface area contributed by atoms with E-state index in [0.717, 1.165) is 115 Å². The third-order valence-corrected chi connectivity index (χ3v) is 21.3. The first kappa shape index (κ1) is 101. The lowest BCUT2D eigenvalue weighted by Crippen LogP contribution is -2.30. The molecule has 0 aliphatic carbocycles. The summed E-state index contributed by atoms with van der Waals surface area (Å²) in [6, 6.07) is 0. The van der Waals surface area contributed by atoms with E-state index >= 15 is 0 Å². The van der Waals surface area contributed by atoms with Gasteiger partial charge in [-0.15, -0.1) is 0 Å². The van der Waals surface area contributed by atoms with Crippen molar-refractivity contribution in [3.05, 3.63) is 24.3 Å². The van der Waals surface area contributed by atoms with E-state index in [0.29, 0.717) is 25.7 Å². The number of rotatable bonds is 81. The second-order valence-electron chi connectivity index (χ2n) is 30.3. The smallest absolute Gasteiger partial charge is 0.462 e. The molecule has 6 atom stereocenters. The molecule has 0 aromatic carbocycles. The number of allylic oxidation sites excluding steroid dienone is 4. The maximum Gasteiger partial charge on any atom is 0.472 e. The minimum absolute atomic E-state index is 0.0848. The van der Waals surface area contributed by atoms with E-state index in [2.05, 4.69) is 65.8 Å². The summed E-state index contributed by atoms with van der Waals surface area (Å²) in [5, 5.41) is 10.7. The van der Waals surface area contributed by atoms with Crippen molar-refractivity contribution in [2.75, 3.05) is 39.6 Å². The largest absolute Gasteiger partial charge is 0.472 e. The van der Waals surface area contributed by atoms with Crippen molar-refractivity contribution in [3.8, 4) is 0 Å². The van der Waals surface area contributed by atoms with Crippen LogP contribution < -0.4 is 0 Å². The van der Waals surface area contributed by atoms with Crippen LogP contribution in [0.15, 0.2) is 24.3 Å². The van der Waals surface area contributed by atoms with E-state index in [-0.39, 0.29) is 25.7 Å². The van der Waals surface area contributed by atoms with Gasteiger partial charge in [0.05, 0.1) is 26.4 Å². The Kier molecular flexibility index (Phi) is 73.2. The van der Waals surface area contributed by atoms with Gasteiger partial charge in [-0.25, -0.2) is 9.13 Å². The second kappa shape index (κ2) is 75.0. The Bertz CT molecular complexity index is 2070. The Labute approximate surface area is 631 Å². The zero-order valence-corrected chi connectivity index (χ0v) is 68.9. The summed E-state index contributed by atoms with van der Waals surface area (Å²) in [6.45, 7) is 9.60. The number of carbonyl (C=O) groups is 4. The predicted octanol–water partition coefficient (Wildman–Crippen LogP) is 25.0. The Hall–Kier alpha value is -2.46. The fraction of sp³-hybridized carbons (Fsp3) is 0.905. The summed E-state index contributed by atoms with van der Waals surface area (Å²) in [7, 11) is -9.94. The van der Waals surface area contributed by atoms with Crippen molar-refractivity contribution in [3.63, 3.8) is 0 Å². The van der Waals surface area contributed by atoms with Crippen LogP contribution in [-0.4, -0.2) is 96.7 Å². The number of hydrogen-bond donors (Lipinski definition) is 3. The minimum Gasteiger partial charge on any atom is -0.462 e. The molecule has 17 nitrogen and oxygen atoms in total. The number of hydrogen-bond acceptors (Lipinski definition) is 15. The second-order valence-corrected chi connectivity index (χ2v) is 33.2. The third kappa shape index (κ3) is 76.1. The van der Waals surface area contributed by atoms with Crippen LogP contribution in [0, 0.1) is 11.8 Å². The summed E-state index contributed by atoms with van der Waals surface area (Å²) in [4.78, 5) is 73.1. The molecule has 19 heteroatoms. The number of aliphatic hydroxyl groups is 1. The molecule has 0 fully saturated rings. The van der Waals surface area contributed by atoms with Gasteiger partial charge in [-0.3, -0.25) is 37.3 Å². The molecule has 0 amide bonds. The Morgan fingerprint density at radius 2 is 0.573 bits per heavy atom. The molecule has 3 unspecified atom stereocenters. The molecule has 0 aromatic rings. The molecular weight excluding hydrogens is 1340 g/mol. The van der Waals surface area contributed by atoms with Crippen LogP contribution >= 0.6 is 15.6 Å². The molecule has 0 radical (unpaired) electrons. The molecular formula is C84H160O17P2. The summed E-state index contributed by atoms with van der Waals surface area (Å²) >= 11 is 0. The highest BCUT2D eigenvalue weighted by Gasteiger charge is 2.30. The van der Waals surface area contributed by atoms with Gasteiger partial charge < -0.3 is 33.8 Å². The van der Waals surface area contributed by atoms with Crippen LogP contribution in [0.3, 0.4) is 0 Å². The lowest BCUT2D eigenvalue weighted by atomic mass is 9.99. The molecule has 103 heavy (non-hydrogen) atoms. The lowest BCUT2D eigenvalue weighted by Gasteiger charge is -2.21. The van der Waals surface area contributed by atoms with Gasteiger partial charge in [0.15, 0.2) is 12.2 Å². The SMILES string of the molecule is CCCCCC/C=C\C=C/CCCCCCCC(=O)O[C@H](COC(=O)CCCCCCCCCCC(C)CC)COP(=O)(O)OC[C@H](O)COP(=O)(O)OC[C@@H](COC(=O)CCCCCCCCCCCCCCCC(C)C)OC(=O)CCCCCCCCCCCCCCCCCCCCCC. The predicted molar refractivity (Wildman–Crippen MR) is 423 cm³/mol. The number of carbonyl (C=O) groups excluding carboxylic acids is 4. The van der Waals surface area contributed by atoms with Gasteiger partial charge in [0.25, 0.3) is 0 Å². The topological polar surface area (TPSA) is 237 Å². The highest BCUT2D eigenvalue weighted by Crippen LogP contribution is 2.45. The average molecular weight is 1500 g/mol. The van der Waals surface area contributed by atoms with Crippen molar-refractivity contribution in [1.29, 1.82) is 0 Å². The fourth-order valence-corrected chi connectivity index (χ4v) is 14.1. The molecule has 0 heterocycles. The number of esters is 4. The fourth-order valence-electron chi connectivity index (χ4n) is 12.5. The van der Waals surface area contributed by atoms with Gasteiger partial charge in [-0.2, -0.15) is 0 Å². The van der Waals surface area contributed by atoms with Gasteiger partial charge in [0.2, 0.25) is 0 Å². The minimum atomic E-state index is -4.97. The molecule has 0 aliphatic rings. The van der Waals surface area contributed by atoms with E-state index in [1.807, 2.05) is 0 Å². The van der Waals surface area contributed by atoms with E-state index < -0.39 is 97.5 Å². The van der Waals surface area contributed by atoms with Crippen LogP contribution in [0.2, 0.25) is 0 Å². The lowest BCUT2D eigenvalue weighted by molar-refractivity contribution is -0.161. The molecule has 0 bridgehead atoms. The monoisotopic (exact) mass is 1500 g/mol. The molecule has 0 aromatic heterocycles. The molecule has 0 saturated carbocycles. The number of aliphatic hydroxyl groups excluding tert-OH is 1. The van der Waals surface area contributed by atoms with Crippen LogP contribution in [-0.2, 0) is 65.4 Å². The zero-order chi connectivity index (χ0) is 75.6. The molecule has 0 rings (SSSR count). The normalized spacial score (nSPS) is 14.3. The Morgan fingerprint density at radius 1 is 0.320 bits per heavy atom. The Morgan fingerprint density at radius 3 is 0.874 bits per heavy atom. The van der Waals surface area contributed by atoms with Gasteiger partial charge in [0, 0.05) is 25.7 Å². The van der Waals surface area contributed by atoms with E-state index in [1.54, 1.807) is 0 Å². The molecule has 608 valence electrons. The van der Waals surface area contributed by atoms with Crippen LogP contribution in [0.5, 0.6) is 0 Å². The van der Waals surface area contributed by atoms with Crippen LogP contribution in [0.25, 0.3) is 0 Å². The summed E-state index contributed by atoms with van der Waals surface area (Å²) < 4.78 is 68.8. The first-order valence-corrected chi connectivity index (χ1v) is 45.8. The summed E-state index contributed by atoms with van der Waals surface area (Å²) in [5.41, 5.74) is 0. The van der Waals surface area contributed by atoms with Crippen molar-refractivity contribution < 1.29 is 80.2 Å². The van der Waals surface area contributed by atoms with E-state index in [9.17, 15) is 43.2 Å². The first-order chi connectivity index (χ1) is 49.9. The van der Waals surface area contributed by atoms with Gasteiger partial charge in [-0.1, -0.05) is 368 Å².